The number of nitrogens with two attached hydrogens (primary N) is 1. The second-order valence-electron chi connectivity index (χ2n) is 4.65. The van der Waals surface area contributed by atoms with Gasteiger partial charge in [0.2, 0.25) is 0 Å². The van der Waals surface area contributed by atoms with Crippen LogP contribution >= 0.6 is 12.2 Å². The zero-order valence-corrected chi connectivity index (χ0v) is 10.9. The first-order valence-corrected chi connectivity index (χ1v) is 6.44. The second-order valence-corrected chi connectivity index (χ2v) is 5.09. The van der Waals surface area contributed by atoms with Crippen molar-refractivity contribution in [3.63, 3.8) is 0 Å². The predicted octanol–water partition coefficient (Wildman–Crippen LogP) is 1.74. The number of nitrogens with zero attached hydrogens (tertiary/aromatic N) is 3. The fraction of sp³-hybridized carbons (Fsp3) is 0.583. The van der Waals surface area contributed by atoms with Gasteiger partial charge in [0.25, 0.3) is 0 Å². The molecular formula is C12H18N4S. The molecular weight excluding hydrogens is 232 g/mol. The highest BCUT2D eigenvalue weighted by Crippen LogP contribution is 2.23. The summed E-state index contributed by atoms with van der Waals surface area (Å²) in [6.45, 7) is 4.35. The summed E-state index contributed by atoms with van der Waals surface area (Å²) in [6.07, 6.45) is 6.94. The molecule has 2 rings (SSSR count). The first-order valence-electron chi connectivity index (χ1n) is 6.03. The summed E-state index contributed by atoms with van der Waals surface area (Å²) >= 11 is 5.05. The lowest BCUT2D eigenvalue weighted by atomic mass is 10.0. The lowest BCUT2D eigenvalue weighted by molar-refractivity contribution is 0.521. The molecule has 0 aliphatic carbocycles. The van der Waals surface area contributed by atoms with E-state index in [1.54, 1.807) is 12.5 Å². The van der Waals surface area contributed by atoms with Crippen LogP contribution < -0.4 is 10.6 Å². The molecule has 5 heteroatoms. The van der Waals surface area contributed by atoms with Crippen LogP contribution in [0.15, 0.2) is 12.5 Å². The van der Waals surface area contributed by atoms with Crippen molar-refractivity contribution in [3.8, 4) is 0 Å². The van der Waals surface area contributed by atoms with Gasteiger partial charge in [-0.25, -0.2) is 9.97 Å². The molecule has 17 heavy (non-hydrogen) atoms. The molecule has 0 amide bonds. The fourth-order valence-corrected chi connectivity index (χ4v) is 2.37. The molecule has 1 unspecified atom stereocenters. The minimum Gasteiger partial charge on any atom is -0.389 e. The van der Waals surface area contributed by atoms with E-state index in [0.29, 0.717) is 4.99 Å². The number of hydrogen-bond donors (Lipinski definition) is 1. The predicted molar refractivity (Wildman–Crippen MR) is 73.1 cm³/mol. The third-order valence-corrected chi connectivity index (χ3v) is 3.49. The molecule has 1 aliphatic rings. The average molecular weight is 250 g/mol. The Morgan fingerprint density at radius 2 is 2.29 bits per heavy atom. The maximum Gasteiger partial charge on any atom is 0.142 e. The summed E-state index contributed by atoms with van der Waals surface area (Å²) in [7, 11) is 0. The van der Waals surface area contributed by atoms with Crippen molar-refractivity contribution in [1.82, 2.24) is 9.97 Å². The molecule has 1 aromatic rings. The second kappa shape index (κ2) is 5.40. The molecule has 0 bridgehead atoms. The number of thiocarbonyl (C=S) groups is 1. The van der Waals surface area contributed by atoms with Crippen LogP contribution in [0.3, 0.4) is 0 Å². The largest absolute Gasteiger partial charge is 0.389 e. The normalized spacial score (nSPS) is 21.0. The SMILES string of the molecule is CC1CCCN(c2ncncc2C(N)=S)CC1. The molecule has 1 atom stereocenters. The van der Waals surface area contributed by atoms with Gasteiger partial charge in [-0.2, -0.15) is 0 Å². The summed E-state index contributed by atoms with van der Waals surface area (Å²) in [4.78, 5) is 11.0. The van der Waals surface area contributed by atoms with Crippen LogP contribution in [0, 0.1) is 5.92 Å². The van der Waals surface area contributed by atoms with E-state index in [2.05, 4.69) is 21.8 Å². The lowest BCUT2D eigenvalue weighted by Gasteiger charge is -2.23. The standard InChI is InChI=1S/C12H18N4S/c1-9-3-2-5-16(6-4-9)12-10(11(13)17)7-14-8-15-12/h7-9H,2-6H2,1H3,(H2,13,17). The molecule has 1 aliphatic heterocycles. The molecule has 0 saturated carbocycles. The van der Waals surface area contributed by atoms with Crippen molar-refractivity contribution in [2.24, 2.45) is 11.7 Å². The van der Waals surface area contributed by atoms with Gasteiger partial charge in [-0.1, -0.05) is 19.1 Å². The van der Waals surface area contributed by atoms with Crippen molar-refractivity contribution in [2.45, 2.75) is 26.2 Å². The zero-order valence-electron chi connectivity index (χ0n) is 10.1. The van der Waals surface area contributed by atoms with E-state index >= 15 is 0 Å². The number of aromatic nitrogens is 2. The minimum absolute atomic E-state index is 0.373. The zero-order chi connectivity index (χ0) is 12.3. The van der Waals surface area contributed by atoms with E-state index < -0.39 is 0 Å². The maximum absolute atomic E-state index is 5.71. The molecule has 0 radical (unpaired) electrons. The van der Waals surface area contributed by atoms with Crippen LogP contribution in [0.25, 0.3) is 0 Å². The van der Waals surface area contributed by atoms with Crippen molar-refractivity contribution in [3.05, 3.63) is 18.1 Å². The summed E-state index contributed by atoms with van der Waals surface area (Å²) in [6, 6.07) is 0. The van der Waals surface area contributed by atoms with E-state index in [1.807, 2.05) is 0 Å². The van der Waals surface area contributed by atoms with Gasteiger partial charge < -0.3 is 10.6 Å². The Labute approximate surface area is 107 Å². The van der Waals surface area contributed by atoms with Gasteiger partial charge in [0.05, 0.1) is 5.56 Å². The molecule has 0 spiro atoms. The Kier molecular flexibility index (Phi) is 3.89. The van der Waals surface area contributed by atoms with Crippen LogP contribution in [0.5, 0.6) is 0 Å². The van der Waals surface area contributed by atoms with Crippen LogP contribution in [0.1, 0.15) is 31.7 Å². The topological polar surface area (TPSA) is 55.0 Å². The Balaban J connectivity index is 2.24. The Morgan fingerprint density at radius 1 is 1.47 bits per heavy atom. The van der Waals surface area contributed by atoms with E-state index in [0.717, 1.165) is 30.4 Å². The molecule has 92 valence electrons. The number of anilines is 1. The number of rotatable bonds is 2. The molecule has 1 aromatic heterocycles. The maximum atomic E-state index is 5.71. The monoisotopic (exact) mass is 250 g/mol. The van der Waals surface area contributed by atoms with Gasteiger partial charge in [0.15, 0.2) is 0 Å². The quantitative estimate of drug-likeness (QED) is 0.810. The van der Waals surface area contributed by atoms with E-state index in [-0.39, 0.29) is 0 Å². The van der Waals surface area contributed by atoms with Crippen molar-refractivity contribution >= 4 is 23.0 Å². The third-order valence-electron chi connectivity index (χ3n) is 3.27. The highest BCUT2D eigenvalue weighted by molar-refractivity contribution is 7.80. The minimum atomic E-state index is 0.373. The van der Waals surface area contributed by atoms with Gasteiger partial charge in [0, 0.05) is 19.3 Å². The van der Waals surface area contributed by atoms with E-state index in [9.17, 15) is 0 Å². The van der Waals surface area contributed by atoms with Crippen molar-refractivity contribution < 1.29 is 0 Å². The van der Waals surface area contributed by atoms with Crippen molar-refractivity contribution in [1.29, 1.82) is 0 Å². The Bertz CT molecular complexity index is 407. The summed E-state index contributed by atoms with van der Waals surface area (Å²) in [5, 5.41) is 0. The van der Waals surface area contributed by atoms with Gasteiger partial charge in [0.1, 0.15) is 17.1 Å². The van der Waals surface area contributed by atoms with E-state index in [1.165, 1.54) is 19.3 Å². The van der Waals surface area contributed by atoms with Gasteiger partial charge in [-0.05, 0) is 25.2 Å². The first kappa shape index (κ1) is 12.2. The highest BCUT2D eigenvalue weighted by Gasteiger charge is 2.18. The number of hydrogen-bond acceptors (Lipinski definition) is 4. The van der Waals surface area contributed by atoms with Gasteiger partial charge in [-0.3, -0.25) is 0 Å². The molecule has 0 aromatic carbocycles. The average Bonchev–Trinajstić information content (AvgIpc) is 2.54. The van der Waals surface area contributed by atoms with Crippen LogP contribution in [-0.2, 0) is 0 Å². The summed E-state index contributed by atoms with van der Waals surface area (Å²) in [5.74, 6) is 1.68. The highest BCUT2D eigenvalue weighted by atomic mass is 32.1. The Hall–Kier alpha value is -1.23. The molecule has 2 N–H and O–H groups in total. The van der Waals surface area contributed by atoms with Gasteiger partial charge in [-0.15, -0.1) is 0 Å². The lowest BCUT2D eigenvalue weighted by Crippen LogP contribution is -2.28. The molecule has 1 fully saturated rings. The summed E-state index contributed by atoms with van der Waals surface area (Å²) in [5.41, 5.74) is 6.50. The van der Waals surface area contributed by atoms with Crippen LogP contribution in [0.2, 0.25) is 0 Å². The van der Waals surface area contributed by atoms with E-state index in [4.69, 9.17) is 18.0 Å². The third kappa shape index (κ3) is 2.91. The molecule has 1 saturated heterocycles. The Morgan fingerprint density at radius 3 is 3.06 bits per heavy atom. The van der Waals surface area contributed by atoms with Crippen molar-refractivity contribution in [2.75, 3.05) is 18.0 Å². The first-order chi connectivity index (χ1) is 8.18. The van der Waals surface area contributed by atoms with Crippen LogP contribution in [0.4, 0.5) is 5.82 Å². The van der Waals surface area contributed by atoms with Gasteiger partial charge >= 0.3 is 0 Å². The molecule has 4 nitrogen and oxygen atoms in total. The summed E-state index contributed by atoms with van der Waals surface area (Å²) < 4.78 is 0. The molecule has 2 heterocycles. The smallest absolute Gasteiger partial charge is 0.142 e. The fourth-order valence-electron chi connectivity index (χ4n) is 2.22. The van der Waals surface area contributed by atoms with Crippen LogP contribution in [-0.4, -0.2) is 28.0 Å².